The molecule has 1 atom stereocenters. The molecule has 1 aromatic carbocycles. The Balaban J connectivity index is 2.30. The van der Waals surface area contributed by atoms with Crippen LogP contribution in [0.5, 0.6) is 11.5 Å². The quantitative estimate of drug-likeness (QED) is 0.548. The normalized spacial score (nSPS) is 16.6. The number of carbonyl (C=O) groups is 2. The zero-order valence-electron chi connectivity index (χ0n) is 15.7. The van der Waals surface area contributed by atoms with Crippen LogP contribution in [0.15, 0.2) is 29.5 Å². The Morgan fingerprint density at radius 2 is 1.96 bits per heavy atom. The average molecular weight is 362 g/mol. The van der Waals surface area contributed by atoms with Crippen molar-refractivity contribution >= 4 is 12.0 Å². The van der Waals surface area contributed by atoms with E-state index in [-0.39, 0.29) is 6.03 Å². The van der Waals surface area contributed by atoms with Gasteiger partial charge in [0.2, 0.25) is 0 Å². The van der Waals surface area contributed by atoms with Crippen molar-refractivity contribution in [3.8, 4) is 11.5 Å². The summed E-state index contributed by atoms with van der Waals surface area (Å²) in [5.41, 5.74) is 1.52. The summed E-state index contributed by atoms with van der Waals surface area (Å²) in [6, 6.07) is 4.36. The summed E-state index contributed by atoms with van der Waals surface area (Å²) in [5, 5.41) is 5.35. The van der Waals surface area contributed by atoms with Gasteiger partial charge >= 0.3 is 12.0 Å². The Bertz CT molecular complexity index is 699. The van der Waals surface area contributed by atoms with Crippen molar-refractivity contribution in [2.45, 2.75) is 39.2 Å². The van der Waals surface area contributed by atoms with Gasteiger partial charge in [-0.15, -0.1) is 0 Å². The van der Waals surface area contributed by atoms with Crippen LogP contribution in [-0.4, -0.2) is 32.8 Å². The van der Waals surface area contributed by atoms with E-state index in [0.717, 1.165) is 19.3 Å². The Kier molecular flexibility index (Phi) is 6.89. The first-order valence-corrected chi connectivity index (χ1v) is 8.69. The zero-order chi connectivity index (χ0) is 19.1. The van der Waals surface area contributed by atoms with E-state index in [1.54, 1.807) is 26.2 Å². The summed E-state index contributed by atoms with van der Waals surface area (Å²) in [6.07, 6.45) is 3.20. The third kappa shape index (κ3) is 4.47. The highest BCUT2D eigenvalue weighted by molar-refractivity contribution is 5.94. The van der Waals surface area contributed by atoms with Crippen LogP contribution in [0.2, 0.25) is 0 Å². The molecule has 0 aromatic heterocycles. The Labute approximate surface area is 153 Å². The number of urea groups is 1. The van der Waals surface area contributed by atoms with Gasteiger partial charge < -0.3 is 24.8 Å². The van der Waals surface area contributed by atoms with Crippen LogP contribution in [0.25, 0.3) is 0 Å². The van der Waals surface area contributed by atoms with Gasteiger partial charge in [-0.2, -0.15) is 0 Å². The fraction of sp³-hybridized carbons (Fsp3) is 0.474. The number of nitrogens with one attached hydrogen (secondary N) is 2. The number of amides is 2. The molecule has 2 N–H and O–H groups in total. The minimum atomic E-state index is -0.626. The minimum absolute atomic E-state index is 0.353. The van der Waals surface area contributed by atoms with E-state index in [4.69, 9.17) is 14.2 Å². The Morgan fingerprint density at radius 3 is 2.62 bits per heavy atom. The molecular weight excluding hydrogens is 336 g/mol. The van der Waals surface area contributed by atoms with Crippen LogP contribution < -0.4 is 20.1 Å². The van der Waals surface area contributed by atoms with Crippen LogP contribution >= 0.6 is 0 Å². The number of esters is 1. The van der Waals surface area contributed by atoms with Gasteiger partial charge in [-0.05, 0) is 31.0 Å². The maximum atomic E-state index is 12.2. The third-order valence-corrected chi connectivity index (χ3v) is 4.20. The van der Waals surface area contributed by atoms with Crippen molar-refractivity contribution in [3.05, 3.63) is 35.0 Å². The van der Waals surface area contributed by atoms with Gasteiger partial charge in [-0.1, -0.05) is 25.8 Å². The van der Waals surface area contributed by atoms with Crippen LogP contribution in [0.1, 0.15) is 44.7 Å². The number of methoxy groups -OCH3 is 2. The second-order valence-electron chi connectivity index (χ2n) is 6.03. The van der Waals surface area contributed by atoms with E-state index in [0.29, 0.717) is 34.9 Å². The summed E-state index contributed by atoms with van der Waals surface area (Å²) >= 11 is 0. The van der Waals surface area contributed by atoms with Crippen molar-refractivity contribution in [2.75, 3.05) is 20.8 Å². The Hall–Kier alpha value is -2.70. The predicted octanol–water partition coefficient (Wildman–Crippen LogP) is 3.07. The van der Waals surface area contributed by atoms with Gasteiger partial charge in [-0.3, -0.25) is 0 Å². The molecule has 0 spiro atoms. The predicted molar refractivity (Wildman–Crippen MR) is 97.1 cm³/mol. The molecule has 0 radical (unpaired) electrons. The molecule has 0 saturated carbocycles. The molecule has 0 saturated heterocycles. The van der Waals surface area contributed by atoms with Crippen LogP contribution in [0.4, 0.5) is 4.79 Å². The van der Waals surface area contributed by atoms with Gasteiger partial charge in [0, 0.05) is 5.70 Å². The van der Waals surface area contributed by atoms with Gasteiger partial charge in [-0.25, -0.2) is 9.59 Å². The lowest BCUT2D eigenvalue weighted by molar-refractivity contribution is -0.136. The van der Waals surface area contributed by atoms with Crippen LogP contribution in [0.3, 0.4) is 0 Å². The highest BCUT2D eigenvalue weighted by atomic mass is 16.5. The highest BCUT2D eigenvalue weighted by Crippen LogP contribution is 2.34. The number of ether oxygens (including phenoxy) is 3. The number of allylic oxidation sites excluding steroid dienone is 1. The van der Waals surface area contributed by atoms with E-state index >= 15 is 0 Å². The van der Waals surface area contributed by atoms with Crippen molar-refractivity contribution in [1.29, 1.82) is 0 Å². The molecule has 26 heavy (non-hydrogen) atoms. The molecule has 7 heteroatoms. The number of carbonyl (C=O) groups excluding carboxylic acids is 2. The first-order valence-electron chi connectivity index (χ1n) is 8.69. The lowest BCUT2D eigenvalue weighted by Crippen LogP contribution is -2.45. The molecule has 0 aliphatic carbocycles. The van der Waals surface area contributed by atoms with Crippen LogP contribution in [0, 0.1) is 0 Å². The molecule has 7 nitrogen and oxygen atoms in total. The van der Waals surface area contributed by atoms with E-state index in [1.807, 2.05) is 6.07 Å². The standard InChI is InChI=1S/C19H26N2O5/c1-5-6-7-10-26-14-9-8-13(11-15(14)24-3)17-16(18(22)25-4)12(2)20-19(23)21-17/h8-9,11,17H,5-7,10H2,1-4H3,(H2,20,21,23). The highest BCUT2D eigenvalue weighted by Gasteiger charge is 2.32. The van der Waals surface area contributed by atoms with Gasteiger partial charge in [0.15, 0.2) is 11.5 Å². The molecule has 142 valence electrons. The third-order valence-electron chi connectivity index (χ3n) is 4.20. The smallest absolute Gasteiger partial charge is 0.337 e. The van der Waals surface area contributed by atoms with Gasteiger partial charge in [0.1, 0.15) is 0 Å². The molecule has 1 aromatic rings. The lowest BCUT2D eigenvalue weighted by Gasteiger charge is -2.28. The molecule has 1 aliphatic rings. The maximum absolute atomic E-state index is 12.2. The molecule has 2 amide bonds. The summed E-state index contributed by atoms with van der Waals surface area (Å²) in [4.78, 5) is 24.0. The number of rotatable bonds is 8. The first kappa shape index (κ1) is 19.6. The second kappa shape index (κ2) is 9.12. The van der Waals surface area contributed by atoms with Crippen molar-refractivity contribution in [2.24, 2.45) is 0 Å². The van der Waals surface area contributed by atoms with Gasteiger partial charge in [0.25, 0.3) is 0 Å². The van der Waals surface area contributed by atoms with E-state index in [2.05, 4.69) is 17.6 Å². The molecule has 0 fully saturated rings. The molecular formula is C19H26N2O5. The number of hydrogen-bond acceptors (Lipinski definition) is 5. The van der Waals surface area contributed by atoms with Crippen LogP contribution in [-0.2, 0) is 9.53 Å². The minimum Gasteiger partial charge on any atom is -0.493 e. The largest absolute Gasteiger partial charge is 0.493 e. The van der Waals surface area contributed by atoms with Crippen molar-refractivity contribution < 1.29 is 23.8 Å². The molecule has 1 heterocycles. The second-order valence-corrected chi connectivity index (χ2v) is 6.03. The Morgan fingerprint density at radius 1 is 1.19 bits per heavy atom. The fourth-order valence-electron chi connectivity index (χ4n) is 2.84. The topological polar surface area (TPSA) is 85.9 Å². The number of benzene rings is 1. The summed E-state index contributed by atoms with van der Waals surface area (Å²) in [5.74, 6) is 0.681. The van der Waals surface area contributed by atoms with Gasteiger partial charge in [0.05, 0.1) is 32.4 Å². The average Bonchev–Trinajstić information content (AvgIpc) is 2.64. The summed E-state index contributed by atoms with van der Waals surface area (Å²) in [7, 11) is 2.87. The molecule has 1 aliphatic heterocycles. The van der Waals surface area contributed by atoms with Crippen molar-refractivity contribution in [1.82, 2.24) is 10.6 Å². The van der Waals surface area contributed by atoms with E-state index in [1.165, 1.54) is 7.11 Å². The monoisotopic (exact) mass is 362 g/mol. The summed E-state index contributed by atoms with van der Waals surface area (Å²) < 4.78 is 16.1. The number of unbranched alkanes of at least 4 members (excludes halogenated alkanes) is 2. The first-order chi connectivity index (χ1) is 12.5. The molecule has 0 bridgehead atoms. The van der Waals surface area contributed by atoms with E-state index < -0.39 is 12.0 Å². The SMILES string of the molecule is CCCCCOc1ccc(C2NC(=O)NC(C)=C2C(=O)OC)cc1OC. The summed E-state index contributed by atoms with van der Waals surface area (Å²) in [6.45, 7) is 4.41. The number of hydrogen-bond donors (Lipinski definition) is 2. The fourth-order valence-corrected chi connectivity index (χ4v) is 2.84. The molecule has 1 unspecified atom stereocenters. The van der Waals surface area contributed by atoms with Crippen molar-refractivity contribution in [3.63, 3.8) is 0 Å². The molecule has 2 rings (SSSR count). The lowest BCUT2D eigenvalue weighted by atomic mass is 9.95. The zero-order valence-corrected chi connectivity index (χ0v) is 15.7. The maximum Gasteiger partial charge on any atom is 0.337 e. The van der Waals surface area contributed by atoms with E-state index in [9.17, 15) is 9.59 Å².